The Labute approximate surface area is 174 Å². The van der Waals surface area contributed by atoms with Crippen LogP contribution < -0.4 is 16.0 Å². The van der Waals surface area contributed by atoms with E-state index in [1.807, 2.05) is 24.7 Å². The van der Waals surface area contributed by atoms with Gasteiger partial charge in [-0.3, -0.25) is 9.48 Å². The van der Waals surface area contributed by atoms with Gasteiger partial charge in [-0.2, -0.15) is 10.4 Å². The molecular weight excluding hydrogens is 382 g/mol. The standard InChI is InChI=1S/C20H23N9O/c1-13(2)29-12-16(11-25-29)26-20-23-9-15(10-24-20)17-5-4-14(8-21)19(27-17)28(3)7-6-18(22)30/h4-5,9-13H,6-7H2,1-3H3,(H2,22,30)(H,23,24,26). The molecule has 3 rings (SSSR count). The SMILES string of the molecule is CC(C)n1cc(Nc2ncc(-c3ccc(C#N)c(N(C)CCC(N)=O)n3)cn2)cn1. The first-order valence-corrected chi connectivity index (χ1v) is 9.41. The monoisotopic (exact) mass is 405 g/mol. The highest BCUT2D eigenvalue weighted by Gasteiger charge is 2.13. The molecule has 1 amide bonds. The van der Waals surface area contributed by atoms with Crippen molar-refractivity contribution in [3.8, 4) is 17.3 Å². The normalized spacial score (nSPS) is 10.6. The molecule has 0 spiro atoms. The minimum Gasteiger partial charge on any atom is -0.370 e. The van der Waals surface area contributed by atoms with E-state index in [1.165, 1.54) is 0 Å². The van der Waals surface area contributed by atoms with Crippen LogP contribution in [0.1, 0.15) is 31.9 Å². The second-order valence-corrected chi connectivity index (χ2v) is 7.04. The van der Waals surface area contributed by atoms with E-state index in [0.29, 0.717) is 35.1 Å². The van der Waals surface area contributed by atoms with E-state index in [2.05, 4.69) is 31.4 Å². The van der Waals surface area contributed by atoms with Crippen molar-refractivity contribution < 1.29 is 4.79 Å². The van der Waals surface area contributed by atoms with Gasteiger partial charge in [0.25, 0.3) is 0 Å². The topological polar surface area (TPSA) is 139 Å². The summed E-state index contributed by atoms with van der Waals surface area (Å²) in [5.41, 5.74) is 7.74. The predicted octanol–water partition coefficient (Wildman–Crippen LogP) is 2.24. The van der Waals surface area contributed by atoms with Crippen molar-refractivity contribution in [2.24, 2.45) is 5.73 Å². The maximum absolute atomic E-state index is 11.1. The second-order valence-electron chi connectivity index (χ2n) is 7.04. The van der Waals surface area contributed by atoms with Gasteiger partial charge in [-0.25, -0.2) is 15.0 Å². The Morgan fingerprint density at radius 2 is 2.03 bits per heavy atom. The molecule has 0 saturated carbocycles. The Bertz CT molecular complexity index is 1070. The van der Waals surface area contributed by atoms with E-state index in [9.17, 15) is 10.1 Å². The molecule has 3 heterocycles. The molecule has 0 aliphatic rings. The molecule has 0 unspecified atom stereocenters. The summed E-state index contributed by atoms with van der Waals surface area (Å²) >= 11 is 0. The fraction of sp³-hybridized carbons (Fsp3) is 0.300. The fourth-order valence-corrected chi connectivity index (χ4v) is 2.71. The van der Waals surface area contributed by atoms with Crippen molar-refractivity contribution in [3.63, 3.8) is 0 Å². The van der Waals surface area contributed by atoms with Gasteiger partial charge >= 0.3 is 0 Å². The fourth-order valence-electron chi connectivity index (χ4n) is 2.71. The number of hydrogen-bond donors (Lipinski definition) is 2. The first-order valence-electron chi connectivity index (χ1n) is 9.41. The molecule has 10 nitrogen and oxygen atoms in total. The predicted molar refractivity (Wildman–Crippen MR) is 113 cm³/mol. The van der Waals surface area contributed by atoms with Crippen molar-refractivity contribution in [2.75, 3.05) is 23.8 Å². The van der Waals surface area contributed by atoms with Crippen LogP contribution in [0.15, 0.2) is 36.9 Å². The van der Waals surface area contributed by atoms with Gasteiger partial charge < -0.3 is 16.0 Å². The molecule has 0 aliphatic carbocycles. The molecule has 3 aromatic rings. The maximum atomic E-state index is 11.1. The van der Waals surface area contributed by atoms with Crippen LogP contribution in [-0.4, -0.2) is 44.2 Å². The highest BCUT2D eigenvalue weighted by atomic mass is 16.1. The number of nitrogens with two attached hydrogens (primary N) is 1. The lowest BCUT2D eigenvalue weighted by Crippen LogP contribution is -2.25. The average molecular weight is 405 g/mol. The van der Waals surface area contributed by atoms with E-state index >= 15 is 0 Å². The number of nitriles is 1. The zero-order valence-electron chi connectivity index (χ0n) is 17.1. The summed E-state index contributed by atoms with van der Waals surface area (Å²) in [5, 5.41) is 16.8. The van der Waals surface area contributed by atoms with E-state index in [0.717, 1.165) is 5.69 Å². The molecule has 0 bridgehead atoms. The number of amides is 1. The van der Waals surface area contributed by atoms with Crippen molar-refractivity contribution in [2.45, 2.75) is 26.3 Å². The largest absolute Gasteiger partial charge is 0.370 e. The minimum atomic E-state index is -0.410. The number of carbonyl (C=O) groups excluding carboxylic acids is 1. The van der Waals surface area contributed by atoms with Crippen LogP contribution in [0.2, 0.25) is 0 Å². The van der Waals surface area contributed by atoms with E-state index < -0.39 is 5.91 Å². The number of pyridine rings is 1. The Hall–Kier alpha value is -4.00. The molecule has 0 aliphatic heterocycles. The highest BCUT2D eigenvalue weighted by molar-refractivity contribution is 5.74. The Morgan fingerprint density at radius 3 is 2.63 bits per heavy atom. The van der Waals surface area contributed by atoms with Crippen LogP contribution in [0.5, 0.6) is 0 Å². The summed E-state index contributed by atoms with van der Waals surface area (Å²) in [6.07, 6.45) is 7.09. The van der Waals surface area contributed by atoms with E-state index in [-0.39, 0.29) is 12.5 Å². The van der Waals surface area contributed by atoms with Crippen molar-refractivity contribution in [1.29, 1.82) is 5.26 Å². The Balaban J connectivity index is 1.79. The molecule has 0 atom stereocenters. The molecule has 3 N–H and O–H groups in total. The van der Waals surface area contributed by atoms with Crippen LogP contribution >= 0.6 is 0 Å². The Morgan fingerprint density at radius 1 is 1.30 bits per heavy atom. The van der Waals surface area contributed by atoms with E-state index in [4.69, 9.17) is 5.73 Å². The molecule has 0 aromatic carbocycles. The number of aromatic nitrogens is 5. The van der Waals surface area contributed by atoms with E-state index in [1.54, 1.807) is 42.7 Å². The van der Waals surface area contributed by atoms with Crippen LogP contribution in [0.25, 0.3) is 11.3 Å². The smallest absolute Gasteiger partial charge is 0.227 e. The lowest BCUT2D eigenvalue weighted by molar-refractivity contribution is -0.117. The zero-order valence-corrected chi connectivity index (χ0v) is 17.1. The number of hydrogen-bond acceptors (Lipinski definition) is 8. The summed E-state index contributed by atoms with van der Waals surface area (Å²) in [6, 6.07) is 5.81. The number of anilines is 3. The Kier molecular flexibility index (Phi) is 6.22. The quantitative estimate of drug-likeness (QED) is 0.582. The number of rotatable bonds is 8. The average Bonchev–Trinajstić information content (AvgIpc) is 3.21. The zero-order chi connectivity index (χ0) is 21.7. The van der Waals surface area contributed by atoms with Crippen LogP contribution in [0.3, 0.4) is 0 Å². The van der Waals surface area contributed by atoms with Crippen LogP contribution in [0.4, 0.5) is 17.5 Å². The molecule has 0 radical (unpaired) electrons. The number of nitrogens with one attached hydrogen (secondary N) is 1. The van der Waals surface area contributed by atoms with Crippen molar-refractivity contribution in [3.05, 3.63) is 42.5 Å². The summed E-state index contributed by atoms with van der Waals surface area (Å²) in [4.78, 5) is 26.0. The third-order valence-corrected chi connectivity index (χ3v) is 4.39. The molecule has 0 fully saturated rings. The van der Waals surface area contributed by atoms with Crippen molar-refractivity contribution >= 4 is 23.4 Å². The van der Waals surface area contributed by atoms with Crippen LogP contribution in [-0.2, 0) is 4.79 Å². The van der Waals surface area contributed by atoms with Gasteiger partial charge in [-0.1, -0.05) is 0 Å². The van der Waals surface area contributed by atoms with Gasteiger partial charge in [0.2, 0.25) is 11.9 Å². The van der Waals surface area contributed by atoms with Gasteiger partial charge in [0.05, 0.1) is 23.1 Å². The molecule has 10 heteroatoms. The summed E-state index contributed by atoms with van der Waals surface area (Å²) in [6.45, 7) is 4.46. The minimum absolute atomic E-state index is 0.171. The summed E-state index contributed by atoms with van der Waals surface area (Å²) in [7, 11) is 1.76. The maximum Gasteiger partial charge on any atom is 0.227 e. The molecule has 154 valence electrons. The number of primary amides is 1. The lowest BCUT2D eigenvalue weighted by atomic mass is 10.1. The van der Waals surface area contributed by atoms with Crippen LogP contribution in [0, 0.1) is 11.3 Å². The third kappa shape index (κ3) is 4.88. The van der Waals surface area contributed by atoms with Gasteiger partial charge in [-0.15, -0.1) is 0 Å². The van der Waals surface area contributed by atoms with Gasteiger partial charge in [0, 0.05) is 50.2 Å². The lowest BCUT2D eigenvalue weighted by Gasteiger charge is -2.19. The summed E-state index contributed by atoms with van der Waals surface area (Å²) < 4.78 is 1.84. The second kappa shape index (κ2) is 9.00. The first kappa shape index (κ1) is 20.7. The van der Waals surface area contributed by atoms with Gasteiger partial charge in [0.15, 0.2) is 0 Å². The molecule has 0 saturated heterocycles. The van der Waals surface area contributed by atoms with Gasteiger partial charge in [0.1, 0.15) is 11.9 Å². The highest BCUT2D eigenvalue weighted by Crippen LogP contribution is 2.23. The summed E-state index contributed by atoms with van der Waals surface area (Å²) in [5.74, 6) is 0.501. The molecule has 30 heavy (non-hydrogen) atoms. The third-order valence-electron chi connectivity index (χ3n) is 4.39. The van der Waals surface area contributed by atoms with Crippen molar-refractivity contribution in [1.82, 2.24) is 24.7 Å². The van der Waals surface area contributed by atoms with Gasteiger partial charge in [-0.05, 0) is 26.0 Å². The molecule has 3 aromatic heterocycles. The number of nitrogens with zero attached hydrogens (tertiary/aromatic N) is 7. The number of carbonyl (C=O) groups is 1. The first-order chi connectivity index (χ1) is 14.4. The molecular formula is C20H23N9O.